The van der Waals surface area contributed by atoms with Gasteiger partial charge >= 0.3 is 0 Å². The quantitative estimate of drug-likeness (QED) is 0.0154. The minimum Gasteiger partial charge on any atom is -0.397 e. The number of nitrogens with zero attached hydrogens (tertiary/aromatic N) is 18. The Morgan fingerprint density at radius 1 is 0.322 bits per heavy atom. The number of rotatable bonds is 29. The summed E-state index contributed by atoms with van der Waals surface area (Å²) in [6.45, 7) is 22.3. The summed E-state index contributed by atoms with van der Waals surface area (Å²) in [6, 6.07) is 9.91. The number of nitrogens with two attached hydrogens (primary N) is 6. The van der Waals surface area contributed by atoms with E-state index in [1.54, 1.807) is 68.8 Å². The molecule has 822 valence electrons. The Kier molecular flexibility index (Phi) is 39.0. The molecule has 149 heavy (non-hydrogen) atoms. The van der Waals surface area contributed by atoms with Gasteiger partial charge in [0.1, 0.15) is 118 Å². The number of fused-ring (bicyclic) bond motifs is 6. The molecular formula is C97H148BrClFIN24O18P6. The topological polar surface area (TPSA) is 639 Å². The zero-order chi connectivity index (χ0) is 109. The molecule has 0 spiro atoms. The van der Waals surface area contributed by atoms with E-state index < -0.39 is 195 Å². The number of imidazole rings is 6. The Morgan fingerprint density at radius 2 is 0.550 bits per heavy atom. The molecule has 0 aromatic carbocycles. The number of unbranched alkanes of at least 4 members (excludes halogenated alkanes) is 1. The van der Waals surface area contributed by atoms with Crippen molar-refractivity contribution in [2.45, 2.75) is 232 Å². The SMILES string of the molecule is C=P(C)(C)CC[C@H]1OC(n2c(Br)nc3c(N)ccnc32)[C@H](O)[C@@H]1O.C=P(C)(C)CC[C@H]1OC(n2c(CCC)nc3c(N)ccnc32)[C@H](O)[C@@H]1O.C=P(C)(C)CC[C@H]1OC(n2c(CCCC)nc3c(N)ccnc32)[C@H](O)[C@@H]1O.C=P(C)(C)CC[C@H]1OC(n2c(Cl)nc3c(N)ccnc32)[C@H](O)[C@@H]1O.C=P(C)(C)CC[C@H]1OC(n2c(F)nc3c(N)ccnc32)[C@H](O)[C@@H]1O.C=P(C)(C)CC[C@H]1OC(n2c(I)nc3c(N)ccnc32)[C@H](O)[C@@H]1O. The van der Waals surface area contributed by atoms with Gasteiger partial charge in [0.15, 0.2) is 79.8 Å². The minimum atomic E-state index is -1.29. The molecule has 52 heteroatoms. The van der Waals surface area contributed by atoms with Crippen molar-refractivity contribution in [1.29, 1.82) is 0 Å². The predicted molar refractivity (Wildman–Crippen MR) is 617 cm³/mol. The molecule has 24 N–H and O–H groups in total. The maximum absolute atomic E-state index is 14.3. The van der Waals surface area contributed by atoms with Crippen molar-refractivity contribution in [3.05, 3.63) is 105 Å². The van der Waals surface area contributed by atoms with Crippen LogP contribution in [-0.2, 0) is 41.3 Å². The number of aryl methyl sites for hydroxylation is 2. The Balaban J connectivity index is 0.000000149. The molecule has 6 unspecified atom stereocenters. The zero-order valence-electron chi connectivity index (χ0n) is 86.6. The number of pyridine rings is 6. The van der Waals surface area contributed by atoms with Crippen molar-refractivity contribution in [3.63, 3.8) is 0 Å². The molecule has 6 saturated heterocycles. The third-order valence-electron chi connectivity index (χ3n) is 26.5. The lowest BCUT2D eigenvalue weighted by Crippen LogP contribution is -2.32. The molecule has 12 aromatic heterocycles. The van der Waals surface area contributed by atoms with E-state index in [4.69, 9.17) is 74.4 Å². The number of aliphatic hydroxyl groups excluding tert-OH is 12. The van der Waals surface area contributed by atoms with E-state index in [0.29, 0.717) is 138 Å². The van der Waals surface area contributed by atoms with Gasteiger partial charge in [0.25, 0.3) is 6.08 Å². The second-order valence-corrected chi connectivity index (χ2v) is 71.0. The highest BCUT2D eigenvalue weighted by molar-refractivity contribution is 14.1. The molecule has 42 nitrogen and oxygen atoms in total. The Bertz CT molecular complexity index is 6480. The molecule has 0 bridgehead atoms. The third kappa shape index (κ3) is 28.0. The van der Waals surface area contributed by atoms with Crippen LogP contribution < -0.4 is 34.4 Å². The highest BCUT2D eigenvalue weighted by Crippen LogP contribution is 2.49. The molecule has 6 aliphatic rings. The first-order chi connectivity index (χ1) is 69.7. The van der Waals surface area contributed by atoms with Crippen molar-refractivity contribution < 1.29 is 94.1 Å². The van der Waals surface area contributed by atoms with Gasteiger partial charge in [0, 0.05) is 72.6 Å². The number of aliphatic hydroxyl groups is 12. The maximum Gasteiger partial charge on any atom is 0.293 e. The molecule has 6 fully saturated rings. The van der Waals surface area contributed by atoms with Gasteiger partial charge in [-0.1, -0.05) is 20.3 Å². The van der Waals surface area contributed by atoms with E-state index in [9.17, 15) is 65.7 Å². The van der Waals surface area contributed by atoms with E-state index in [1.807, 2.05) is 4.57 Å². The standard InChI is InChI=1S/C19H31N4O3P.C18H29N4O3P.C15H22BrN4O3P.C15H22ClN4O3P.C15H22FN4O3P.C15H22IN4O3P/c1-5-6-7-14-22-15-12(20)8-10-21-18(15)23(14)19-17(25)16(24)13(26-19)9-11-27(2,3)4;1-5-6-13-21-14-11(19)7-9-20-17(14)22(13)18-16(24)15(23)12(25-18)8-10-26(2,3)4;4*1-24(2,3)7-5-9-11(21)12(22)14(23-9)20-13-10(19-15(20)16)8(17)4-6-18-13/h8,10,13,16-17,19,24-25H,2,5-7,9,11H2,1,3-4H3,(H2,20,21);7,9,12,15-16,18,23-24H,2,5-6,8,10H2,1,3-4H3,(H2,19,20);4*4,6,9,11-12,14,21-22H,1,5,7H2,2-3H3,(H2,17,18)/t13-,16-,17-,19?;12-,15-,16-,18?;4*9-,11-,12-,14?/m111111/s1. The Morgan fingerprint density at radius 3 is 0.846 bits per heavy atom. The van der Waals surface area contributed by atoms with Gasteiger partial charge < -0.3 is 124 Å². The number of halogens is 4. The summed E-state index contributed by atoms with van der Waals surface area (Å²) in [6.07, 6.45) is 26.7. The number of hydrogen-bond acceptors (Lipinski definition) is 36. The van der Waals surface area contributed by atoms with Gasteiger partial charge in [-0.15, -0.1) is 79.1 Å². The molecule has 0 radical (unpaired) electrons. The van der Waals surface area contributed by atoms with Crippen LogP contribution in [0.15, 0.2) is 78.3 Å². The van der Waals surface area contributed by atoms with E-state index in [-0.39, 0.29) is 22.1 Å². The lowest BCUT2D eigenvalue weighted by molar-refractivity contribution is -0.0413. The van der Waals surface area contributed by atoms with E-state index in [0.717, 1.165) is 78.9 Å². The van der Waals surface area contributed by atoms with Crippen molar-refractivity contribution in [2.24, 2.45) is 0 Å². The first-order valence-electron chi connectivity index (χ1n) is 49.2. The number of aromatic nitrogens is 18. The fourth-order valence-corrected chi connectivity index (χ4v) is 25.6. The fraction of sp³-hybridized carbons (Fsp3) is 0.567. The van der Waals surface area contributed by atoms with Gasteiger partial charge in [-0.3, -0.25) is 27.4 Å². The van der Waals surface area contributed by atoms with Gasteiger partial charge in [-0.05, 0) is 232 Å². The van der Waals surface area contributed by atoms with Gasteiger partial charge in [0.05, 0.1) is 70.7 Å². The second kappa shape index (κ2) is 48.8. The van der Waals surface area contributed by atoms with Crippen LogP contribution in [0.3, 0.4) is 0 Å². The first-order valence-corrected chi connectivity index (χ1v) is 69.8. The summed E-state index contributed by atoms with van der Waals surface area (Å²) in [7, 11) is 0. The fourth-order valence-electron chi connectivity index (χ4n) is 18.3. The molecular weight excluding hydrogens is 2240 g/mol. The van der Waals surface area contributed by atoms with Crippen LogP contribution in [0.1, 0.15) is 121 Å². The molecule has 18 rings (SSSR count). The Labute approximate surface area is 893 Å². The highest BCUT2D eigenvalue weighted by Gasteiger charge is 2.52. The second-order valence-electron chi connectivity index (χ2n) is 43.1. The third-order valence-corrected chi connectivity index (χ3v) is 36.9. The van der Waals surface area contributed by atoms with Crippen LogP contribution in [-0.4, -0.2) is 413 Å². The predicted octanol–water partition coefficient (Wildman–Crippen LogP) is 8.85. The van der Waals surface area contributed by atoms with E-state index in [1.165, 1.54) is 23.0 Å². The summed E-state index contributed by atoms with van der Waals surface area (Å²) >= 11 is 11.6. The monoisotopic (exact) mass is 2380 g/mol. The van der Waals surface area contributed by atoms with Crippen molar-refractivity contribution in [1.82, 2.24) is 87.2 Å². The Hall–Kier alpha value is -6.97. The van der Waals surface area contributed by atoms with Crippen LogP contribution in [0.5, 0.6) is 0 Å². The molecule has 18 heterocycles. The number of nitrogen functional groups attached to an aromatic ring is 6. The van der Waals surface area contributed by atoms with E-state index in [2.05, 4.69) is 230 Å². The van der Waals surface area contributed by atoms with Gasteiger partial charge in [0.2, 0.25) is 5.28 Å². The zero-order valence-corrected chi connectivity index (χ0v) is 96.4. The highest BCUT2D eigenvalue weighted by atomic mass is 127. The molecule has 0 amide bonds. The van der Waals surface area contributed by atoms with E-state index >= 15 is 0 Å². The van der Waals surface area contributed by atoms with Crippen LogP contribution >= 0.6 is 91.4 Å². The summed E-state index contributed by atoms with van der Waals surface area (Å²) in [5, 5.41) is 126. The molecule has 0 saturated carbocycles. The lowest BCUT2D eigenvalue weighted by atomic mass is 10.1. The normalized spacial score (nSPS) is 27.3. The molecule has 24 atom stereocenters. The summed E-state index contributed by atoms with van der Waals surface area (Å²) in [4.78, 5) is 51.7. The maximum atomic E-state index is 14.3. The van der Waals surface area contributed by atoms with Crippen LogP contribution in [0, 0.1) is 9.91 Å². The summed E-state index contributed by atoms with van der Waals surface area (Å²) in [5.74, 6) is 1.54. The van der Waals surface area contributed by atoms with Crippen LogP contribution in [0.2, 0.25) is 5.28 Å². The van der Waals surface area contributed by atoms with Crippen molar-refractivity contribution in [3.8, 4) is 0 Å². The summed E-state index contributed by atoms with van der Waals surface area (Å²) in [5.41, 5.74) is 44.3. The van der Waals surface area contributed by atoms with Crippen molar-refractivity contribution >= 4 is 230 Å². The minimum absolute atomic E-state index is 0.109. The number of hydrogen-bond donors (Lipinski definition) is 18. The summed E-state index contributed by atoms with van der Waals surface area (Å²) < 4.78 is 60.7. The molecule has 0 aliphatic carbocycles. The first kappa shape index (κ1) is 119. The van der Waals surface area contributed by atoms with Gasteiger partial charge in [-0.2, -0.15) is 9.37 Å². The van der Waals surface area contributed by atoms with Crippen LogP contribution in [0.25, 0.3) is 67.0 Å². The van der Waals surface area contributed by atoms with Crippen molar-refractivity contribution in [2.75, 3.05) is 151 Å². The number of ether oxygens (including phenoxy) is 6. The smallest absolute Gasteiger partial charge is 0.293 e. The average molecular weight is 2390 g/mol. The van der Waals surface area contributed by atoms with Crippen LogP contribution in [0.4, 0.5) is 38.5 Å². The van der Waals surface area contributed by atoms with Gasteiger partial charge in [-0.25, -0.2) is 54.8 Å². The average Bonchev–Trinajstić information content (AvgIpc) is 1.75. The molecule has 12 aromatic rings. The lowest BCUT2D eigenvalue weighted by Gasteiger charge is -2.20. The molecule has 6 aliphatic heterocycles. The largest absolute Gasteiger partial charge is 0.397 e. The number of anilines is 6.